The number of ketones is 1. The third-order valence-corrected chi connectivity index (χ3v) is 5.17. The predicted molar refractivity (Wildman–Crippen MR) is 99.7 cm³/mol. The normalized spacial score (nSPS) is 18.5. The van der Waals surface area contributed by atoms with Gasteiger partial charge in [0.1, 0.15) is 6.10 Å². The van der Waals surface area contributed by atoms with E-state index in [0.29, 0.717) is 12.8 Å². The molecule has 1 amide bonds. The van der Waals surface area contributed by atoms with Crippen molar-refractivity contribution in [1.29, 1.82) is 5.41 Å². The summed E-state index contributed by atoms with van der Waals surface area (Å²) in [4.78, 5) is 23.9. The van der Waals surface area contributed by atoms with Crippen molar-refractivity contribution in [2.75, 3.05) is 0 Å². The molecule has 2 atom stereocenters. The molecule has 29 heavy (non-hydrogen) atoms. The van der Waals surface area contributed by atoms with E-state index in [1.807, 2.05) is 0 Å². The number of Topliss-reactive ketones (excluding diaryl/α,β-unsaturated/α-hetero) is 1. The van der Waals surface area contributed by atoms with Gasteiger partial charge in [0, 0.05) is 6.42 Å². The molecule has 0 aromatic heterocycles. The van der Waals surface area contributed by atoms with Gasteiger partial charge in [0.15, 0.2) is 5.78 Å². The van der Waals surface area contributed by atoms with Gasteiger partial charge in [0.2, 0.25) is 0 Å². The Morgan fingerprint density at radius 2 is 1.90 bits per heavy atom. The zero-order valence-corrected chi connectivity index (χ0v) is 16.1. The summed E-state index contributed by atoms with van der Waals surface area (Å²) in [6.45, 7) is 1.45. The van der Waals surface area contributed by atoms with Crippen LogP contribution in [0.4, 0.5) is 18.0 Å². The summed E-state index contributed by atoms with van der Waals surface area (Å²) in [5, 5.41) is 19.3. The number of rotatable bonds is 7. The number of ether oxygens (including phenoxy) is 1. The molecule has 0 heterocycles. The molecule has 0 bridgehead atoms. The zero-order valence-electron chi connectivity index (χ0n) is 16.1. The van der Waals surface area contributed by atoms with Gasteiger partial charge in [-0.15, -0.1) is 0 Å². The smallest absolute Gasteiger partial charge is 0.416 e. The highest BCUT2D eigenvalue weighted by atomic mass is 19.4. The maximum absolute atomic E-state index is 13.2. The second-order valence-electron chi connectivity index (χ2n) is 7.51. The lowest BCUT2D eigenvalue weighted by atomic mass is 9.70. The van der Waals surface area contributed by atoms with Gasteiger partial charge < -0.3 is 21.0 Å². The number of halogens is 3. The van der Waals surface area contributed by atoms with Gasteiger partial charge >= 0.3 is 12.3 Å². The van der Waals surface area contributed by atoms with Crippen molar-refractivity contribution in [3.63, 3.8) is 0 Å². The van der Waals surface area contributed by atoms with Gasteiger partial charge in [-0.25, -0.2) is 4.79 Å². The molecule has 0 aliphatic heterocycles. The molecule has 0 radical (unpaired) electrons. The molecule has 1 saturated carbocycles. The SMILES string of the molecule is C[C@H](CC(=N)C(=O)C(c1cccc(C(F)(F)F)c1)C1(O)CCCCC1)OC(N)=O. The largest absolute Gasteiger partial charge is 0.446 e. The van der Waals surface area contributed by atoms with Crippen LogP contribution < -0.4 is 5.73 Å². The first-order chi connectivity index (χ1) is 13.4. The van der Waals surface area contributed by atoms with Crippen LogP contribution in [-0.2, 0) is 15.7 Å². The molecule has 2 rings (SSSR count). The van der Waals surface area contributed by atoms with E-state index in [1.54, 1.807) is 0 Å². The predicted octanol–water partition coefficient (Wildman–Crippen LogP) is 3.95. The van der Waals surface area contributed by atoms with E-state index in [4.69, 9.17) is 15.9 Å². The molecular weight excluding hydrogens is 389 g/mol. The molecule has 6 nitrogen and oxygen atoms in total. The standard InChI is InChI=1S/C20H25F3N2O4/c1-12(29-18(25)27)10-15(24)17(26)16(19(28)8-3-2-4-9-19)13-6-5-7-14(11-13)20(21,22)23/h5-7,11-12,16,24,28H,2-4,8-10H2,1H3,(H2,25,27)/t12-,16?/m1/s1. The third-order valence-electron chi connectivity index (χ3n) is 5.17. The molecular formula is C20H25F3N2O4. The van der Waals surface area contributed by atoms with Crippen LogP contribution >= 0.6 is 0 Å². The van der Waals surface area contributed by atoms with E-state index >= 15 is 0 Å². The average Bonchev–Trinajstić information content (AvgIpc) is 2.61. The highest BCUT2D eigenvalue weighted by molar-refractivity contribution is 6.41. The third kappa shape index (κ3) is 5.79. The van der Waals surface area contributed by atoms with E-state index < -0.39 is 47.0 Å². The fourth-order valence-corrected chi connectivity index (χ4v) is 3.86. The van der Waals surface area contributed by atoms with Crippen LogP contribution in [-0.4, -0.2) is 34.4 Å². The van der Waals surface area contributed by atoms with Crippen molar-refractivity contribution in [2.45, 2.75) is 69.2 Å². The lowest BCUT2D eigenvalue weighted by molar-refractivity contribution is -0.138. The number of aliphatic hydroxyl groups is 1. The van der Waals surface area contributed by atoms with Crippen molar-refractivity contribution >= 4 is 17.6 Å². The highest BCUT2D eigenvalue weighted by Crippen LogP contribution is 2.42. The second-order valence-corrected chi connectivity index (χ2v) is 7.51. The summed E-state index contributed by atoms with van der Waals surface area (Å²) in [6, 6.07) is 4.30. The van der Waals surface area contributed by atoms with E-state index in [1.165, 1.54) is 19.1 Å². The molecule has 1 fully saturated rings. The summed E-state index contributed by atoms with van der Waals surface area (Å²) in [6.07, 6.45) is -4.15. The van der Waals surface area contributed by atoms with Crippen molar-refractivity contribution in [3.05, 3.63) is 35.4 Å². The Morgan fingerprint density at radius 3 is 2.45 bits per heavy atom. The van der Waals surface area contributed by atoms with Crippen LogP contribution in [0.5, 0.6) is 0 Å². The zero-order chi connectivity index (χ0) is 21.8. The van der Waals surface area contributed by atoms with Crippen LogP contribution in [0.15, 0.2) is 24.3 Å². The van der Waals surface area contributed by atoms with Gasteiger partial charge in [0.25, 0.3) is 0 Å². The number of hydrogen-bond acceptors (Lipinski definition) is 5. The fourth-order valence-electron chi connectivity index (χ4n) is 3.86. The maximum atomic E-state index is 13.2. The maximum Gasteiger partial charge on any atom is 0.416 e. The fraction of sp³-hybridized carbons (Fsp3) is 0.550. The first-order valence-corrected chi connectivity index (χ1v) is 9.41. The number of primary amides is 1. The summed E-state index contributed by atoms with van der Waals surface area (Å²) in [7, 11) is 0. The van der Waals surface area contributed by atoms with Gasteiger partial charge in [-0.05, 0) is 31.4 Å². The average molecular weight is 414 g/mol. The van der Waals surface area contributed by atoms with Gasteiger partial charge in [-0.2, -0.15) is 13.2 Å². The highest BCUT2D eigenvalue weighted by Gasteiger charge is 2.45. The number of alkyl halides is 3. The topological polar surface area (TPSA) is 113 Å². The summed E-state index contributed by atoms with van der Waals surface area (Å²) >= 11 is 0. The number of carbonyl (C=O) groups is 2. The first-order valence-electron chi connectivity index (χ1n) is 9.41. The Hall–Kier alpha value is -2.42. The molecule has 9 heteroatoms. The number of nitrogens with two attached hydrogens (primary N) is 1. The second kappa shape index (κ2) is 8.94. The van der Waals surface area contributed by atoms with E-state index in [2.05, 4.69) is 0 Å². The molecule has 1 aliphatic carbocycles. The van der Waals surface area contributed by atoms with Crippen molar-refractivity contribution in [1.82, 2.24) is 0 Å². The van der Waals surface area contributed by atoms with E-state index in [-0.39, 0.29) is 24.8 Å². The molecule has 4 N–H and O–H groups in total. The molecule has 1 unspecified atom stereocenters. The van der Waals surface area contributed by atoms with Gasteiger partial charge in [0.05, 0.1) is 22.8 Å². The quantitative estimate of drug-likeness (QED) is 0.586. The van der Waals surface area contributed by atoms with Gasteiger partial charge in [-0.1, -0.05) is 37.5 Å². The number of amides is 1. The number of nitrogens with one attached hydrogen (secondary N) is 1. The number of hydrogen-bond donors (Lipinski definition) is 3. The Labute approximate surface area is 166 Å². The Balaban J connectivity index is 2.39. The summed E-state index contributed by atoms with van der Waals surface area (Å²) < 4.78 is 44.2. The van der Waals surface area contributed by atoms with E-state index in [0.717, 1.165) is 18.6 Å². The van der Waals surface area contributed by atoms with Crippen molar-refractivity contribution < 1.29 is 32.6 Å². The summed E-state index contributed by atoms with van der Waals surface area (Å²) in [5.74, 6) is -2.09. The Bertz CT molecular complexity index is 773. The minimum atomic E-state index is -4.60. The molecule has 160 valence electrons. The monoisotopic (exact) mass is 414 g/mol. The number of benzene rings is 1. The van der Waals surface area contributed by atoms with Crippen LogP contribution in [0.3, 0.4) is 0 Å². The first kappa shape index (κ1) is 22.9. The van der Waals surface area contributed by atoms with Crippen LogP contribution in [0.25, 0.3) is 0 Å². The summed E-state index contributed by atoms with van der Waals surface area (Å²) in [5.41, 5.74) is 2.03. The minimum Gasteiger partial charge on any atom is -0.446 e. The van der Waals surface area contributed by atoms with Crippen molar-refractivity contribution in [2.24, 2.45) is 5.73 Å². The van der Waals surface area contributed by atoms with Crippen LogP contribution in [0, 0.1) is 5.41 Å². The van der Waals surface area contributed by atoms with Crippen molar-refractivity contribution in [3.8, 4) is 0 Å². The lowest BCUT2D eigenvalue weighted by Gasteiger charge is -2.39. The molecule has 0 spiro atoms. The van der Waals surface area contributed by atoms with Crippen LogP contribution in [0.1, 0.15) is 62.5 Å². The van der Waals surface area contributed by atoms with Gasteiger partial charge in [-0.3, -0.25) is 4.79 Å². The minimum absolute atomic E-state index is 0.0162. The molecule has 1 aliphatic rings. The Kier molecular flexibility index (Phi) is 7.05. The van der Waals surface area contributed by atoms with E-state index in [9.17, 15) is 27.9 Å². The van der Waals surface area contributed by atoms with Crippen LogP contribution in [0.2, 0.25) is 0 Å². The lowest BCUT2D eigenvalue weighted by Crippen LogP contribution is -2.45. The molecule has 1 aromatic carbocycles. The molecule has 0 saturated heterocycles. The molecule has 1 aromatic rings. The number of carbonyl (C=O) groups excluding carboxylic acids is 2. The Morgan fingerprint density at radius 1 is 1.28 bits per heavy atom.